The Hall–Kier alpha value is -2.36. The smallest absolute Gasteiger partial charge is 0.335 e. The standard InChI is InChI=1S/C35H50O4/c1-7-13-25-15-11-21-34(23-25,19-9-3)38-31(36)29-27-17-18-28(33(27,5)6)30(29)32(37)39-35(20-10-4)22-12-16-26(24-35)14-8-2/h11-12,15-16,21-22,27-28H,7-10,13-14,17-20,23-24H2,1-6H3. The fourth-order valence-electron chi connectivity index (χ4n) is 7.85. The lowest BCUT2D eigenvalue weighted by Crippen LogP contribution is -2.38. The summed E-state index contributed by atoms with van der Waals surface area (Å²) in [7, 11) is 0. The lowest BCUT2D eigenvalue weighted by Gasteiger charge is -2.35. The zero-order chi connectivity index (χ0) is 28.3. The first-order valence-electron chi connectivity index (χ1n) is 15.6. The van der Waals surface area contributed by atoms with Crippen LogP contribution < -0.4 is 0 Å². The average Bonchev–Trinajstić information content (AvgIpc) is 3.29. The van der Waals surface area contributed by atoms with Crippen LogP contribution in [0.4, 0.5) is 0 Å². The molecule has 0 aromatic heterocycles. The summed E-state index contributed by atoms with van der Waals surface area (Å²) in [6.07, 6.45) is 23.4. The minimum atomic E-state index is -0.644. The number of hydrogen-bond acceptors (Lipinski definition) is 4. The lowest BCUT2D eigenvalue weighted by atomic mass is 9.78. The largest absolute Gasteiger partial charge is 0.451 e. The van der Waals surface area contributed by atoms with Crippen molar-refractivity contribution in [3.8, 4) is 0 Å². The van der Waals surface area contributed by atoms with E-state index in [1.165, 1.54) is 11.1 Å². The highest BCUT2D eigenvalue weighted by atomic mass is 16.6. The minimum absolute atomic E-state index is 0.0222. The molecule has 0 aromatic carbocycles. The molecule has 4 atom stereocenters. The predicted molar refractivity (Wildman–Crippen MR) is 158 cm³/mol. The van der Waals surface area contributed by atoms with Crippen molar-refractivity contribution in [2.45, 2.75) is 130 Å². The zero-order valence-corrected chi connectivity index (χ0v) is 25.2. The molecule has 0 saturated heterocycles. The molecule has 0 spiro atoms. The second-order valence-electron chi connectivity index (χ2n) is 13.0. The molecule has 4 aliphatic rings. The van der Waals surface area contributed by atoms with Crippen molar-refractivity contribution in [2.75, 3.05) is 0 Å². The van der Waals surface area contributed by atoms with E-state index < -0.39 is 11.2 Å². The van der Waals surface area contributed by atoms with Crippen LogP contribution in [-0.2, 0) is 19.1 Å². The van der Waals surface area contributed by atoms with Gasteiger partial charge in [-0.25, -0.2) is 9.59 Å². The molecule has 4 rings (SSSR count). The molecule has 0 N–H and O–H groups in total. The topological polar surface area (TPSA) is 52.6 Å². The van der Waals surface area contributed by atoms with Crippen LogP contribution in [0.5, 0.6) is 0 Å². The summed E-state index contributed by atoms with van der Waals surface area (Å²) in [5.41, 5.74) is 2.38. The summed E-state index contributed by atoms with van der Waals surface area (Å²) in [6.45, 7) is 13.0. The van der Waals surface area contributed by atoms with Crippen LogP contribution in [-0.4, -0.2) is 23.1 Å². The molecule has 4 nitrogen and oxygen atoms in total. The van der Waals surface area contributed by atoms with Gasteiger partial charge in [0.05, 0.1) is 11.1 Å². The Balaban J connectivity index is 1.65. The van der Waals surface area contributed by atoms with Crippen LogP contribution in [0.2, 0.25) is 0 Å². The minimum Gasteiger partial charge on any atom is -0.451 e. The first-order valence-corrected chi connectivity index (χ1v) is 15.6. The highest BCUT2D eigenvalue weighted by Crippen LogP contribution is 2.61. The third-order valence-electron chi connectivity index (χ3n) is 9.56. The summed E-state index contributed by atoms with van der Waals surface area (Å²) in [5, 5.41) is 0. The van der Waals surface area contributed by atoms with Crippen molar-refractivity contribution in [1.82, 2.24) is 0 Å². The third-order valence-corrected chi connectivity index (χ3v) is 9.56. The van der Waals surface area contributed by atoms with Gasteiger partial charge in [-0.15, -0.1) is 0 Å². The van der Waals surface area contributed by atoms with Crippen LogP contribution in [0.1, 0.15) is 119 Å². The van der Waals surface area contributed by atoms with Crippen LogP contribution >= 0.6 is 0 Å². The maximum absolute atomic E-state index is 14.1. The van der Waals surface area contributed by atoms with Crippen LogP contribution in [0.15, 0.2) is 58.7 Å². The number of ether oxygens (including phenoxy) is 2. The van der Waals surface area contributed by atoms with Gasteiger partial charge in [-0.1, -0.05) is 103 Å². The van der Waals surface area contributed by atoms with E-state index in [1.54, 1.807) is 0 Å². The second-order valence-corrected chi connectivity index (χ2v) is 13.0. The molecule has 0 amide bonds. The molecule has 1 saturated carbocycles. The Bertz CT molecular complexity index is 1020. The highest BCUT2D eigenvalue weighted by Gasteiger charge is 2.58. The van der Waals surface area contributed by atoms with Gasteiger partial charge in [-0.2, -0.15) is 0 Å². The Morgan fingerprint density at radius 1 is 0.718 bits per heavy atom. The van der Waals surface area contributed by atoms with E-state index in [0.717, 1.165) is 77.0 Å². The van der Waals surface area contributed by atoms with Gasteiger partial charge in [-0.3, -0.25) is 0 Å². The Morgan fingerprint density at radius 3 is 1.49 bits per heavy atom. The van der Waals surface area contributed by atoms with Gasteiger partial charge in [0, 0.05) is 12.8 Å². The fourth-order valence-corrected chi connectivity index (χ4v) is 7.85. The molecule has 1 fully saturated rings. The highest BCUT2D eigenvalue weighted by molar-refractivity contribution is 6.03. The molecule has 0 heterocycles. The van der Waals surface area contributed by atoms with Gasteiger partial charge >= 0.3 is 11.9 Å². The van der Waals surface area contributed by atoms with Gasteiger partial charge in [0.25, 0.3) is 0 Å². The summed E-state index contributed by atoms with van der Waals surface area (Å²) in [6, 6.07) is 0. The predicted octanol–water partition coefficient (Wildman–Crippen LogP) is 8.89. The second kappa shape index (κ2) is 12.0. The van der Waals surface area contributed by atoms with E-state index in [2.05, 4.69) is 78.0 Å². The quantitative estimate of drug-likeness (QED) is 0.235. The lowest BCUT2D eigenvalue weighted by molar-refractivity contribution is -0.155. The summed E-state index contributed by atoms with van der Waals surface area (Å²) in [5.74, 6) is -0.579. The molecule has 4 aliphatic carbocycles. The monoisotopic (exact) mass is 534 g/mol. The van der Waals surface area contributed by atoms with Crippen molar-refractivity contribution < 1.29 is 19.1 Å². The van der Waals surface area contributed by atoms with Gasteiger partial charge in [-0.05, 0) is 67.9 Å². The van der Waals surface area contributed by atoms with Crippen molar-refractivity contribution in [3.63, 3.8) is 0 Å². The van der Waals surface area contributed by atoms with Gasteiger partial charge in [0.15, 0.2) is 0 Å². The molecule has 2 bridgehead atoms. The van der Waals surface area contributed by atoms with Crippen molar-refractivity contribution >= 4 is 11.9 Å². The molecule has 214 valence electrons. The molecule has 39 heavy (non-hydrogen) atoms. The third kappa shape index (κ3) is 5.91. The molecule has 4 unspecified atom stereocenters. The first kappa shape index (κ1) is 29.6. The summed E-state index contributed by atoms with van der Waals surface area (Å²) >= 11 is 0. The maximum Gasteiger partial charge on any atom is 0.335 e. The number of esters is 2. The molecule has 0 radical (unpaired) electrons. The average molecular weight is 535 g/mol. The maximum atomic E-state index is 14.1. The summed E-state index contributed by atoms with van der Waals surface area (Å²) in [4.78, 5) is 28.2. The van der Waals surface area contributed by atoms with Gasteiger partial charge in [0.2, 0.25) is 0 Å². The van der Waals surface area contributed by atoms with E-state index in [4.69, 9.17) is 9.47 Å². The van der Waals surface area contributed by atoms with E-state index in [9.17, 15) is 9.59 Å². The SMILES string of the molecule is CCCC1=CC=CC(CCC)(OC(=O)C2=C(C(=O)OC3(CCC)C=CC=C(CCC)C3)C3CCC2C3(C)C)C1. The summed E-state index contributed by atoms with van der Waals surface area (Å²) < 4.78 is 12.9. The number of allylic oxidation sites excluding steroid dienone is 4. The van der Waals surface area contributed by atoms with Crippen LogP contribution in [0.25, 0.3) is 0 Å². The van der Waals surface area contributed by atoms with Crippen molar-refractivity contribution in [2.24, 2.45) is 17.3 Å². The Kier molecular flexibility index (Phi) is 9.13. The molecular weight excluding hydrogens is 484 g/mol. The van der Waals surface area contributed by atoms with E-state index >= 15 is 0 Å². The van der Waals surface area contributed by atoms with E-state index in [1.807, 2.05) is 0 Å². The Morgan fingerprint density at radius 2 is 1.13 bits per heavy atom. The number of rotatable bonds is 12. The number of carbonyl (C=O) groups excluding carboxylic acids is 2. The molecule has 4 heteroatoms. The number of hydrogen-bond donors (Lipinski definition) is 0. The number of carbonyl (C=O) groups is 2. The van der Waals surface area contributed by atoms with E-state index in [-0.39, 0.29) is 29.2 Å². The van der Waals surface area contributed by atoms with Crippen molar-refractivity contribution in [3.05, 3.63) is 58.7 Å². The fraction of sp³-hybridized carbons (Fsp3) is 0.657. The molecule has 0 aliphatic heterocycles. The molecule has 0 aromatic rings. The Labute approximate surface area is 236 Å². The van der Waals surface area contributed by atoms with Gasteiger partial charge in [0.1, 0.15) is 11.2 Å². The van der Waals surface area contributed by atoms with Gasteiger partial charge < -0.3 is 9.47 Å². The van der Waals surface area contributed by atoms with Crippen LogP contribution in [0.3, 0.4) is 0 Å². The van der Waals surface area contributed by atoms with E-state index in [0.29, 0.717) is 11.1 Å². The normalized spacial score (nSPS) is 30.8. The van der Waals surface area contributed by atoms with Crippen molar-refractivity contribution in [1.29, 1.82) is 0 Å². The first-order chi connectivity index (χ1) is 18.6. The zero-order valence-electron chi connectivity index (χ0n) is 25.2. The number of fused-ring (bicyclic) bond motifs is 2. The molecular formula is C35H50O4. The van der Waals surface area contributed by atoms with Crippen LogP contribution in [0, 0.1) is 17.3 Å².